The summed E-state index contributed by atoms with van der Waals surface area (Å²) in [6.45, 7) is 7.48. The van der Waals surface area contributed by atoms with Crippen LogP contribution >= 0.6 is 12.4 Å². The van der Waals surface area contributed by atoms with Crippen molar-refractivity contribution >= 4 is 28.3 Å². The molecule has 1 aliphatic heterocycles. The zero-order valence-corrected chi connectivity index (χ0v) is 17.3. The molecule has 1 aliphatic carbocycles. The van der Waals surface area contributed by atoms with E-state index in [-0.39, 0.29) is 29.3 Å². The lowest BCUT2D eigenvalue weighted by molar-refractivity contribution is 0.0950. The lowest BCUT2D eigenvalue weighted by atomic mass is 10.1. The van der Waals surface area contributed by atoms with Gasteiger partial charge in [-0.1, -0.05) is 6.07 Å². The Hall–Kier alpha value is -1.19. The molecular weight excluding hydrogens is 388 g/mol. The molecule has 0 unspecified atom stereocenters. The van der Waals surface area contributed by atoms with Crippen molar-refractivity contribution in [3.05, 3.63) is 29.3 Å². The molecule has 3 N–H and O–H groups in total. The van der Waals surface area contributed by atoms with E-state index >= 15 is 0 Å². The van der Waals surface area contributed by atoms with E-state index in [0.717, 1.165) is 57.5 Å². The molecule has 7 nitrogen and oxygen atoms in total. The monoisotopic (exact) mass is 416 g/mol. The van der Waals surface area contributed by atoms with Gasteiger partial charge in [-0.25, -0.2) is 13.1 Å². The van der Waals surface area contributed by atoms with E-state index < -0.39 is 10.0 Å². The highest BCUT2D eigenvalue weighted by Crippen LogP contribution is 2.23. The Morgan fingerprint density at radius 3 is 2.63 bits per heavy atom. The lowest BCUT2D eigenvalue weighted by Crippen LogP contribution is -2.44. The van der Waals surface area contributed by atoms with Gasteiger partial charge in [0.1, 0.15) is 0 Å². The molecule has 1 aromatic rings. The number of aryl methyl sites for hydroxylation is 1. The largest absolute Gasteiger partial charge is 0.352 e. The van der Waals surface area contributed by atoms with E-state index in [1.807, 2.05) is 6.92 Å². The summed E-state index contributed by atoms with van der Waals surface area (Å²) in [5.74, 6) is -0.216. The minimum atomic E-state index is -3.55. The lowest BCUT2D eigenvalue weighted by Gasteiger charge is -2.27. The Morgan fingerprint density at radius 1 is 1.26 bits per heavy atom. The first kappa shape index (κ1) is 22.1. The summed E-state index contributed by atoms with van der Waals surface area (Å²) in [6.07, 6.45) is 2.64. The molecule has 2 fully saturated rings. The molecule has 0 radical (unpaired) electrons. The van der Waals surface area contributed by atoms with Gasteiger partial charge in [-0.15, -0.1) is 12.4 Å². The van der Waals surface area contributed by atoms with Gasteiger partial charge in [0.2, 0.25) is 10.0 Å². The molecule has 1 saturated carbocycles. The molecule has 0 spiro atoms. The summed E-state index contributed by atoms with van der Waals surface area (Å²) >= 11 is 0. The maximum absolute atomic E-state index is 12.5. The van der Waals surface area contributed by atoms with E-state index in [2.05, 4.69) is 20.3 Å². The fourth-order valence-electron chi connectivity index (χ4n) is 3.04. The van der Waals surface area contributed by atoms with Crippen LogP contribution in [0.15, 0.2) is 23.1 Å². The molecule has 9 heteroatoms. The van der Waals surface area contributed by atoms with Crippen LogP contribution in [-0.2, 0) is 10.0 Å². The maximum atomic E-state index is 12.5. The number of amides is 1. The fraction of sp³-hybridized carbons (Fsp3) is 0.611. The van der Waals surface area contributed by atoms with Crippen molar-refractivity contribution in [2.24, 2.45) is 0 Å². The second-order valence-electron chi connectivity index (χ2n) is 7.07. The second-order valence-corrected chi connectivity index (χ2v) is 8.79. The molecular formula is C18H29ClN4O3S. The normalized spacial score (nSPS) is 18.0. The number of piperazine rings is 1. The van der Waals surface area contributed by atoms with Gasteiger partial charge in [0, 0.05) is 44.3 Å². The quantitative estimate of drug-likeness (QED) is 0.547. The SMILES string of the molecule is Cc1ccc(S(=O)(=O)NC2CC2)cc1C(=O)NCCCN1CCNCC1.Cl. The number of benzene rings is 1. The molecule has 3 rings (SSSR count). The number of carbonyl (C=O) groups excluding carboxylic acids is 1. The van der Waals surface area contributed by atoms with Crippen molar-refractivity contribution < 1.29 is 13.2 Å². The van der Waals surface area contributed by atoms with Crippen LogP contribution in [0.25, 0.3) is 0 Å². The predicted octanol–water partition coefficient (Wildman–Crippen LogP) is 0.883. The third kappa shape index (κ3) is 6.43. The van der Waals surface area contributed by atoms with Crippen LogP contribution in [-0.4, -0.2) is 64.5 Å². The fourth-order valence-corrected chi connectivity index (χ4v) is 4.37. The van der Waals surface area contributed by atoms with Crippen molar-refractivity contribution in [3.8, 4) is 0 Å². The van der Waals surface area contributed by atoms with Gasteiger partial charge in [-0.05, 0) is 50.4 Å². The van der Waals surface area contributed by atoms with Gasteiger partial charge in [0.05, 0.1) is 4.90 Å². The Bertz CT molecular complexity index is 747. The first-order chi connectivity index (χ1) is 12.5. The molecule has 1 saturated heterocycles. The van der Waals surface area contributed by atoms with E-state index in [9.17, 15) is 13.2 Å². The van der Waals surface area contributed by atoms with Crippen LogP contribution in [0.4, 0.5) is 0 Å². The minimum absolute atomic E-state index is 0. The van der Waals surface area contributed by atoms with Gasteiger partial charge < -0.3 is 15.5 Å². The predicted molar refractivity (Wildman–Crippen MR) is 108 cm³/mol. The minimum Gasteiger partial charge on any atom is -0.352 e. The van der Waals surface area contributed by atoms with Gasteiger partial charge in [-0.2, -0.15) is 0 Å². The second kappa shape index (κ2) is 9.84. The third-order valence-corrected chi connectivity index (χ3v) is 6.33. The van der Waals surface area contributed by atoms with Crippen molar-refractivity contribution in [2.75, 3.05) is 39.3 Å². The highest BCUT2D eigenvalue weighted by atomic mass is 35.5. The molecule has 0 aromatic heterocycles. The average Bonchev–Trinajstić information content (AvgIpc) is 3.43. The van der Waals surface area contributed by atoms with Crippen molar-refractivity contribution in [2.45, 2.75) is 37.1 Å². The van der Waals surface area contributed by atoms with E-state index in [1.54, 1.807) is 12.1 Å². The number of rotatable bonds is 8. The molecule has 2 aliphatic rings. The summed E-state index contributed by atoms with van der Waals surface area (Å²) < 4.78 is 27.4. The molecule has 27 heavy (non-hydrogen) atoms. The summed E-state index contributed by atoms with van der Waals surface area (Å²) in [7, 11) is -3.55. The van der Waals surface area contributed by atoms with Crippen LogP contribution in [0.5, 0.6) is 0 Å². The first-order valence-electron chi connectivity index (χ1n) is 9.30. The number of carbonyl (C=O) groups is 1. The molecule has 1 aromatic carbocycles. The van der Waals surface area contributed by atoms with Gasteiger partial charge in [0.25, 0.3) is 5.91 Å². The maximum Gasteiger partial charge on any atom is 0.251 e. The first-order valence-corrected chi connectivity index (χ1v) is 10.8. The Labute approximate surface area is 167 Å². The van der Waals surface area contributed by atoms with Gasteiger partial charge in [-0.3, -0.25) is 4.79 Å². The zero-order chi connectivity index (χ0) is 18.6. The van der Waals surface area contributed by atoms with E-state index in [4.69, 9.17) is 0 Å². The van der Waals surface area contributed by atoms with Crippen LogP contribution < -0.4 is 15.4 Å². The summed E-state index contributed by atoms with van der Waals surface area (Å²) in [6, 6.07) is 4.77. The van der Waals surface area contributed by atoms with Crippen molar-refractivity contribution in [1.29, 1.82) is 0 Å². The highest BCUT2D eigenvalue weighted by molar-refractivity contribution is 7.89. The third-order valence-electron chi connectivity index (χ3n) is 4.81. The van der Waals surface area contributed by atoms with E-state index in [1.165, 1.54) is 6.07 Å². The topological polar surface area (TPSA) is 90.5 Å². The molecule has 1 amide bonds. The molecule has 152 valence electrons. The van der Waals surface area contributed by atoms with Crippen molar-refractivity contribution in [1.82, 2.24) is 20.3 Å². The zero-order valence-electron chi connectivity index (χ0n) is 15.7. The summed E-state index contributed by atoms with van der Waals surface area (Å²) in [5, 5.41) is 6.23. The smallest absolute Gasteiger partial charge is 0.251 e. The van der Waals surface area contributed by atoms with Crippen LogP contribution in [0.1, 0.15) is 35.2 Å². The van der Waals surface area contributed by atoms with Gasteiger partial charge >= 0.3 is 0 Å². The number of halogens is 1. The van der Waals surface area contributed by atoms with Gasteiger partial charge in [0.15, 0.2) is 0 Å². The van der Waals surface area contributed by atoms with Crippen LogP contribution in [0.3, 0.4) is 0 Å². The number of nitrogens with one attached hydrogen (secondary N) is 3. The Kier molecular flexibility index (Phi) is 8.05. The Balaban J connectivity index is 0.00000261. The molecule has 1 heterocycles. The standard InChI is InChI=1S/C18H28N4O3S.ClH/c1-14-3-6-16(26(24,25)21-15-4-5-15)13-17(14)18(23)20-7-2-10-22-11-8-19-9-12-22;/h3,6,13,15,19,21H,2,4-5,7-12H2,1H3,(H,20,23);1H. The number of nitrogens with zero attached hydrogens (tertiary/aromatic N) is 1. The van der Waals surface area contributed by atoms with Crippen molar-refractivity contribution in [3.63, 3.8) is 0 Å². The highest BCUT2D eigenvalue weighted by Gasteiger charge is 2.28. The molecule has 0 atom stereocenters. The number of hydrogen-bond donors (Lipinski definition) is 3. The number of sulfonamides is 1. The Morgan fingerprint density at radius 2 is 1.96 bits per heavy atom. The summed E-state index contributed by atoms with van der Waals surface area (Å²) in [4.78, 5) is 15.0. The molecule has 0 bridgehead atoms. The van der Waals surface area contributed by atoms with Crippen LogP contribution in [0.2, 0.25) is 0 Å². The average molecular weight is 417 g/mol. The summed E-state index contributed by atoms with van der Waals surface area (Å²) in [5.41, 5.74) is 1.20. The van der Waals surface area contributed by atoms with E-state index in [0.29, 0.717) is 12.1 Å². The van der Waals surface area contributed by atoms with Crippen LogP contribution in [0, 0.1) is 6.92 Å². The number of hydrogen-bond acceptors (Lipinski definition) is 5.